The Morgan fingerprint density at radius 3 is 2.73 bits per heavy atom. The van der Waals surface area contributed by atoms with E-state index in [9.17, 15) is 4.79 Å². The Hall–Kier alpha value is -1.77. The average Bonchev–Trinajstić information content (AvgIpc) is 2.30. The molecule has 0 spiro atoms. The molecular weight excluding hydrogens is 190 g/mol. The first-order valence-electron chi connectivity index (χ1n) is 4.99. The van der Waals surface area contributed by atoms with Crippen molar-refractivity contribution in [2.75, 3.05) is 0 Å². The summed E-state index contributed by atoms with van der Waals surface area (Å²) in [6.45, 7) is 0. The third kappa shape index (κ3) is 2.18. The van der Waals surface area contributed by atoms with Crippen LogP contribution in [0.1, 0.15) is 24.5 Å². The Labute approximate surface area is 88.5 Å². The van der Waals surface area contributed by atoms with Gasteiger partial charge in [-0.15, -0.1) is 0 Å². The van der Waals surface area contributed by atoms with Gasteiger partial charge in [-0.1, -0.05) is 30.3 Å². The first-order valence-corrected chi connectivity index (χ1v) is 4.99. The van der Waals surface area contributed by atoms with Gasteiger partial charge in [0.1, 0.15) is 6.10 Å². The molecule has 1 heterocycles. The number of amides is 1. The maximum atomic E-state index is 11.0. The van der Waals surface area contributed by atoms with Crippen molar-refractivity contribution in [2.24, 2.45) is 5.73 Å². The lowest BCUT2D eigenvalue weighted by atomic mass is 10.0. The van der Waals surface area contributed by atoms with Crippen LogP contribution in [0.4, 0.5) is 0 Å². The van der Waals surface area contributed by atoms with E-state index in [2.05, 4.69) is 0 Å². The minimum Gasteiger partial charge on any atom is -0.480 e. The van der Waals surface area contributed by atoms with Crippen molar-refractivity contribution >= 4 is 5.91 Å². The monoisotopic (exact) mass is 203 g/mol. The van der Waals surface area contributed by atoms with Crippen LogP contribution in [0.3, 0.4) is 0 Å². The minimum absolute atomic E-state index is 0.0429. The fraction of sp³-hybridized carbons (Fsp3) is 0.250. The van der Waals surface area contributed by atoms with Gasteiger partial charge < -0.3 is 10.5 Å². The van der Waals surface area contributed by atoms with Crippen molar-refractivity contribution in [2.45, 2.75) is 18.9 Å². The van der Waals surface area contributed by atoms with E-state index in [0.717, 1.165) is 18.4 Å². The van der Waals surface area contributed by atoms with Gasteiger partial charge in [-0.05, 0) is 24.5 Å². The predicted molar refractivity (Wildman–Crippen MR) is 56.8 cm³/mol. The van der Waals surface area contributed by atoms with Gasteiger partial charge in [0.15, 0.2) is 5.76 Å². The van der Waals surface area contributed by atoms with Crippen molar-refractivity contribution in [1.29, 1.82) is 0 Å². The van der Waals surface area contributed by atoms with Crippen LogP contribution in [0.15, 0.2) is 42.2 Å². The van der Waals surface area contributed by atoms with Crippen molar-refractivity contribution in [3.05, 3.63) is 47.7 Å². The van der Waals surface area contributed by atoms with E-state index in [1.54, 1.807) is 6.08 Å². The number of hydrogen-bond acceptors (Lipinski definition) is 2. The Morgan fingerprint density at radius 1 is 1.33 bits per heavy atom. The first kappa shape index (κ1) is 9.77. The van der Waals surface area contributed by atoms with E-state index in [0.29, 0.717) is 0 Å². The normalized spacial score (nSPS) is 20.3. The molecule has 0 radical (unpaired) electrons. The summed E-state index contributed by atoms with van der Waals surface area (Å²) in [6.07, 6.45) is 3.43. The number of carbonyl (C=O) groups excluding carboxylic acids is 1. The molecule has 1 atom stereocenters. The fourth-order valence-electron chi connectivity index (χ4n) is 1.69. The number of primary amides is 1. The number of nitrogens with two attached hydrogens (primary N) is 1. The zero-order chi connectivity index (χ0) is 10.7. The molecule has 1 aromatic rings. The van der Waals surface area contributed by atoms with Crippen molar-refractivity contribution in [3.8, 4) is 0 Å². The van der Waals surface area contributed by atoms with Crippen molar-refractivity contribution in [1.82, 2.24) is 0 Å². The molecule has 15 heavy (non-hydrogen) atoms. The highest BCUT2D eigenvalue weighted by Gasteiger charge is 2.20. The molecule has 3 nitrogen and oxygen atoms in total. The molecule has 2 rings (SSSR count). The van der Waals surface area contributed by atoms with E-state index in [-0.39, 0.29) is 11.9 Å². The third-order valence-electron chi connectivity index (χ3n) is 2.44. The van der Waals surface area contributed by atoms with Gasteiger partial charge in [0, 0.05) is 0 Å². The summed E-state index contributed by atoms with van der Waals surface area (Å²) in [7, 11) is 0. The quantitative estimate of drug-likeness (QED) is 0.798. The molecule has 1 amide bonds. The zero-order valence-corrected chi connectivity index (χ0v) is 8.35. The Bertz CT molecular complexity index is 384. The summed E-state index contributed by atoms with van der Waals surface area (Å²) in [5.41, 5.74) is 6.26. The summed E-state index contributed by atoms with van der Waals surface area (Å²) < 4.78 is 5.52. The molecule has 1 unspecified atom stereocenters. The van der Waals surface area contributed by atoms with Crippen LogP contribution >= 0.6 is 0 Å². The van der Waals surface area contributed by atoms with E-state index >= 15 is 0 Å². The molecular formula is C12H13NO2. The lowest BCUT2D eigenvalue weighted by Gasteiger charge is -2.23. The van der Waals surface area contributed by atoms with Gasteiger partial charge in [-0.25, -0.2) is 0 Å². The Kier molecular flexibility index (Phi) is 2.72. The molecule has 0 fully saturated rings. The highest BCUT2D eigenvalue weighted by molar-refractivity contribution is 5.89. The smallest absolute Gasteiger partial charge is 0.283 e. The standard InChI is InChI=1S/C12H13NO2/c13-12(14)11-8-4-7-10(15-11)9-5-2-1-3-6-9/h1-3,5-6,8,10H,4,7H2,(H2,13,14). The lowest BCUT2D eigenvalue weighted by molar-refractivity contribution is -0.119. The Morgan fingerprint density at radius 2 is 2.07 bits per heavy atom. The topological polar surface area (TPSA) is 52.3 Å². The number of allylic oxidation sites excluding steroid dienone is 1. The van der Waals surface area contributed by atoms with E-state index in [4.69, 9.17) is 10.5 Å². The second-order valence-electron chi connectivity index (χ2n) is 3.53. The van der Waals surface area contributed by atoms with Crippen LogP contribution in [0.25, 0.3) is 0 Å². The molecule has 0 aromatic heterocycles. The van der Waals surface area contributed by atoms with Crippen LogP contribution < -0.4 is 5.73 Å². The number of ether oxygens (including phenoxy) is 1. The highest BCUT2D eigenvalue weighted by Crippen LogP contribution is 2.29. The van der Waals surface area contributed by atoms with E-state index < -0.39 is 5.91 Å². The minimum atomic E-state index is -0.490. The van der Waals surface area contributed by atoms with Crippen LogP contribution in [0, 0.1) is 0 Å². The van der Waals surface area contributed by atoms with Crippen LogP contribution in [0.5, 0.6) is 0 Å². The molecule has 0 saturated carbocycles. The number of benzene rings is 1. The highest BCUT2D eigenvalue weighted by atomic mass is 16.5. The zero-order valence-electron chi connectivity index (χ0n) is 8.35. The maximum absolute atomic E-state index is 11.0. The van der Waals surface area contributed by atoms with Gasteiger partial charge >= 0.3 is 0 Å². The van der Waals surface area contributed by atoms with Crippen molar-refractivity contribution < 1.29 is 9.53 Å². The Balaban J connectivity index is 2.15. The molecule has 1 aliphatic rings. The number of rotatable bonds is 2. The molecule has 0 aliphatic carbocycles. The summed E-state index contributed by atoms with van der Waals surface area (Å²) in [6, 6.07) is 9.86. The van der Waals surface area contributed by atoms with Crippen LogP contribution in [0.2, 0.25) is 0 Å². The van der Waals surface area contributed by atoms with Crippen LogP contribution in [-0.2, 0) is 9.53 Å². The van der Waals surface area contributed by atoms with Gasteiger partial charge in [-0.2, -0.15) is 0 Å². The lowest BCUT2D eigenvalue weighted by Crippen LogP contribution is -2.20. The number of carbonyl (C=O) groups is 1. The summed E-state index contributed by atoms with van der Waals surface area (Å²) >= 11 is 0. The molecule has 3 heteroatoms. The molecule has 0 bridgehead atoms. The summed E-state index contributed by atoms with van der Waals surface area (Å²) in [4.78, 5) is 11.0. The summed E-state index contributed by atoms with van der Waals surface area (Å²) in [5.74, 6) is -0.203. The van der Waals surface area contributed by atoms with Crippen LogP contribution in [-0.4, -0.2) is 5.91 Å². The molecule has 1 aliphatic heterocycles. The van der Waals surface area contributed by atoms with E-state index in [1.807, 2.05) is 30.3 Å². The van der Waals surface area contributed by atoms with E-state index in [1.165, 1.54) is 0 Å². The van der Waals surface area contributed by atoms with Crippen molar-refractivity contribution in [3.63, 3.8) is 0 Å². The average molecular weight is 203 g/mol. The largest absolute Gasteiger partial charge is 0.480 e. The fourth-order valence-corrected chi connectivity index (χ4v) is 1.69. The van der Waals surface area contributed by atoms with Gasteiger partial charge in [-0.3, -0.25) is 4.79 Å². The number of hydrogen-bond donors (Lipinski definition) is 1. The maximum Gasteiger partial charge on any atom is 0.283 e. The predicted octanol–water partition coefficient (Wildman–Crippen LogP) is 1.91. The molecule has 2 N–H and O–H groups in total. The molecule has 78 valence electrons. The molecule has 0 saturated heterocycles. The summed E-state index contributed by atoms with van der Waals surface area (Å²) in [5, 5.41) is 0. The van der Waals surface area contributed by atoms with Gasteiger partial charge in [0.25, 0.3) is 5.91 Å². The SMILES string of the molecule is NC(=O)C1=CCCC(c2ccccc2)O1. The second kappa shape index (κ2) is 4.17. The second-order valence-corrected chi connectivity index (χ2v) is 3.53. The third-order valence-corrected chi connectivity index (χ3v) is 2.44. The molecule has 1 aromatic carbocycles. The first-order chi connectivity index (χ1) is 7.27. The van der Waals surface area contributed by atoms with Gasteiger partial charge in [0.05, 0.1) is 0 Å². The van der Waals surface area contributed by atoms with Gasteiger partial charge in [0.2, 0.25) is 0 Å².